The van der Waals surface area contributed by atoms with E-state index < -0.39 is 5.60 Å². The maximum absolute atomic E-state index is 12.5. The van der Waals surface area contributed by atoms with E-state index in [9.17, 15) is 4.79 Å². The van der Waals surface area contributed by atoms with Gasteiger partial charge in [0, 0.05) is 24.8 Å². The molecule has 1 amide bonds. The maximum Gasteiger partial charge on any atom is 0.414 e. The van der Waals surface area contributed by atoms with Crippen LogP contribution in [-0.4, -0.2) is 49.3 Å². The van der Waals surface area contributed by atoms with Gasteiger partial charge in [0.2, 0.25) is 0 Å². The molecule has 2 aliphatic rings. The Morgan fingerprint density at radius 2 is 2.04 bits per heavy atom. The van der Waals surface area contributed by atoms with E-state index in [0.29, 0.717) is 6.04 Å². The van der Waals surface area contributed by atoms with Gasteiger partial charge in [-0.3, -0.25) is 4.90 Å². The molecule has 2 aliphatic heterocycles. The van der Waals surface area contributed by atoms with Crippen molar-refractivity contribution in [2.75, 3.05) is 36.9 Å². The van der Waals surface area contributed by atoms with Crippen molar-refractivity contribution in [2.24, 2.45) is 0 Å². The quantitative estimate of drug-likeness (QED) is 0.883. The van der Waals surface area contributed by atoms with Gasteiger partial charge >= 0.3 is 6.09 Å². The van der Waals surface area contributed by atoms with Gasteiger partial charge in [0.15, 0.2) is 0 Å². The summed E-state index contributed by atoms with van der Waals surface area (Å²) >= 11 is 0. The first-order valence-electron chi connectivity index (χ1n) is 9.40. The summed E-state index contributed by atoms with van der Waals surface area (Å²) in [6, 6.07) is 6.87. The Morgan fingerprint density at radius 1 is 1.24 bits per heavy atom. The molecular weight excluding hydrogens is 314 g/mol. The van der Waals surface area contributed by atoms with Crippen LogP contribution in [-0.2, 0) is 11.2 Å². The average molecular weight is 345 g/mol. The number of hydrogen-bond acceptors (Lipinski definition) is 4. The number of likely N-dealkylation sites (tertiary alicyclic amines) is 1. The minimum absolute atomic E-state index is 0.247. The second-order valence-electron chi connectivity index (χ2n) is 8.32. The van der Waals surface area contributed by atoms with Crippen LogP contribution in [0.25, 0.3) is 0 Å². The zero-order valence-electron chi connectivity index (χ0n) is 16.0. The molecule has 1 saturated heterocycles. The van der Waals surface area contributed by atoms with Crippen molar-refractivity contribution in [3.8, 4) is 0 Å². The second kappa shape index (κ2) is 7.24. The van der Waals surface area contributed by atoms with Crippen LogP contribution in [0.1, 0.15) is 45.6 Å². The number of fused-ring (bicyclic) bond motifs is 1. The minimum Gasteiger partial charge on any atom is -0.443 e. The number of ether oxygens (including phenoxy) is 1. The number of likely N-dealkylation sites (N-methyl/N-ethyl adjacent to an activating group) is 1. The molecule has 5 nitrogen and oxygen atoms in total. The van der Waals surface area contributed by atoms with Gasteiger partial charge in [0.1, 0.15) is 5.60 Å². The van der Waals surface area contributed by atoms with Crippen LogP contribution in [0.4, 0.5) is 16.2 Å². The zero-order chi connectivity index (χ0) is 18.0. The summed E-state index contributed by atoms with van der Waals surface area (Å²) < 4.78 is 5.56. The van der Waals surface area contributed by atoms with E-state index in [4.69, 9.17) is 4.74 Å². The number of carbonyl (C=O) groups is 1. The molecule has 3 rings (SSSR count). The fraction of sp³-hybridized carbons (Fsp3) is 0.650. The van der Waals surface area contributed by atoms with Crippen LogP contribution in [0.3, 0.4) is 0 Å². The summed E-state index contributed by atoms with van der Waals surface area (Å²) in [6.07, 6.45) is 4.19. The third-order valence-electron chi connectivity index (χ3n) is 4.81. The van der Waals surface area contributed by atoms with Crippen molar-refractivity contribution in [3.63, 3.8) is 0 Å². The molecule has 1 unspecified atom stereocenters. The average Bonchev–Trinajstić information content (AvgIpc) is 2.52. The van der Waals surface area contributed by atoms with E-state index >= 15 is 0 Å². The molecule has 5 heteroatoms. The van der Waals surface area contributed by atoms with Crippen LogP contribution in [0.5, 0.6) is 0 Å². The Labute approximate surface area is 151 Å². The van der Waals surface area contributed by atoms with Gasteiger partial charge in [-0.2, -0.15) is 0 Å². The number of aryl methyl sites for hydroxylation is 1. The topological polar surface area (TPSA) is 44.8 Å². The van der Waals surface area contributed by atoms with E-state index in [2.05, 4.69) is 35.5 Å². The second-order valence-corrected chi connectivity index (χ2v) is 8.32. The first-order chi connectivity index (χ1) is 11.8. The summed E-state index contributed by atoms with van der Waals surface area (Å²) in [7, 11) is 2.18. The Balaban J connectivity index is 1.72. The smallest absolute Gasteiger partial charge is 0.414 e. The highest BCUT2D eigenvalue weighted by atomic mass is 16.6. The lowest BCUT2D eigenvalue weighted by Gasteiger charge is -2.33. The fourth-order valence-corrected chi connectivity index (χ4v) is 3.71. The number of amides is 1. The van der Waals surface area contributed by atoms with Gasteiger partial charge in [0.25, 0.3) is 0 Å². The van der Waals surface area contributed by atoms with Crippen LogP contribution < -0.4 is 10.2 Å². The highest BCUT2D eigenvalue weighted by Gasteiger charge is 2.27. The van der Waals surface area contributed by atoms with Crippen molar-refractivity contribution in [2.45, 2.75) is 58.1 Å². The lowest BCUT2D eigenvalue weighted by atomic mass is 10.0. The van der Waals surface area contributed by atoms with E-state index in [0.717, 1.165) is 37.3 Å². The molecule has 0 aliphatic carbocycles. The summed E-state index contributed by atoms with van der Waals surface area (Å²) in [6.45, 7) is 8.72. The Bertz CT molecular complexity index is 624. The molecular formula is C20H31N3O2. The minimum atomic E-state index is -0.469. The first-order valence-corrected chi connectivity index (χ1v) is 9.40. The van der Waals surface area contributed by atoms with Crippen LogP contribution >= 0.6 is 0 Å². The number of nitrogens with one attached hydrogen (secondary N) is 1. The maximum atomic E-state index is 12.5. The van der Waals surface area contributed by atoms with Gasteiger partial charge < -0.3 is 15.0 Å². The monoisotopic (exact) mass is 345 g/mol. The molecule has 0 spiro atoms. The van der Waals surface area contributed by atoms with Gasteiger partial charge in [0.05, 0.1) is 5.69 Å². The lowest BCUT2D eigenvalue weighted by molar-refractivity contribution is 0.0578. The SMILES string of the molecule is CN1CCCC(Nc2ccc3c(c2)CCCN3C(=O)OC(C)(C)C)C1. The molecule has 1 atom stereocenters. The van der Waals surface area contributed by atoms with Crippen molar-refractivity contribution < 1.29 is 9.53 Å². The molecule has 138 valence electrons. The highest BCUT2D eigenvalue weighted by Crippen LogP contribution is 2.31. The normalized spacial score (nSPS) is 21.6. The predicted molar refractivity (Wildman–Crippen MR) is 102 cm³/mol. The lowest BCUT2D eigenvalue weighted by Crippen LogP contribution is -2.40. The van der Waals surface area contributed by atoms with Crippen molar-refractivity contribution in [1.82, 2.24) is 4.90 Å². The number of carbonyl (C=O) groups excluding carboxylic acids is 1. The van der Waals surface area contributed by atoms with Gasteiger partial charge in [-0.15, -0.1) is 0 Å². The van der Waals surface area contributed by atoms with Crippen LogP contribution in [0, 0.1) is 0 Å². The zero-order valence-corrected chi connectivity index (χ0v) is 16.0. The number of rotatable bonds is 2. The summed E-state index contributed by atoms with van der Waals surface area (Å²) in [5.74, 6) is 0. The standard InChI is InChI=1S/C20H31N3O2/c1-20(2,3)25-19(24)23-12-5-7-15-13-16(9-10-18(15)23)21-17-8-6-11-22(4)14-17/h9-10,13,17,21H,5-8,11-12,14H2,1-4H3. The number of benzene rings is 1. The molecule has 2 heterocycles. The fourth-order valence-electron chi connectivity index (χ4n) is 3.71. The first kappa shape index (κ1) is 18.1. The van der Waals surface area contributed by atoms with Crippen molar-refractivity contribution in [3.05, 3.63) is 23.8 Å². The molecule has 1 aromatic rings. The molecule has 25 heavy (non-hydrogen) atoms. The Hall–Kier alpha value is -1.75. The summed E-state index contributed by atoms with van der Waals surface area (Å²) in [5, 5.41) is 3.67. The molecule has 1 fully saturated rings. The third-order valence-corrected chi connectivity index (χ3v) is 4.81. The van der Waals surface area contributed by atoms with E-state index in [-0.39, 0.29) is 6.09 Å². The summed E-state index contributed by atoms with van der Waals surface area (Å²) in [4.78, 5) is 16.7. The largest absolute Gasteiger partial charge is 0.443 e. The molecule has 0 saturated carbocycles. The number of hydrogen-bond donors (Lipinski definition) is 1. The Morgan fingerprint density at radius 3 is 2.76 bits per heavy atom. The van der Waals surface area contributed by atoms with E-state index in [1.807, 2.05) is 20.8 Å². The van der Waals surface area contributed by atoms with Crippen LogP contribution in [0.15, 0.2) is 18.2 Å². The van der Waals surface area contributed by atoms with Gasteiger partial charge in [-0.25, -0.2) is 4.79 Å². The van der Waals surface area contributed by atoms with Gasteiger partial charge in [-0.05, 0) is 83.8 Å². The number of anilines is 2. The number of piperidine rings is 1. The van der Waals surface area contributed by atoms with E-state index in [1.165, 1.54) is 24.9 Å². The highest BCUT2D eigenvalue weighted by molar-refractivity contribution is 5.90. The van der Waals surface area contributed by atoms with E-state index in [1.54, 1.807) is 4.90 Å². The van der Waals surface area contributed by atoms with Crippen molar-refractivity contribution in [1.29, 1.82) is 0 Å². The predicted octanol–water partition coefficient (Wildman–Crippen LogP) is 3.88. The molecule has 1 N–H and O–H groups in total. The van der Waals surface area contributed by atoms with Crippen molar-refractivity contribution >= 4 is 17.5 Å². The third kappa shape index (κ3) is 4.66. The molecule has 0 aromatic heterocycles. The number of nitrogens with zero attached hydrogens (tertiary/aromatic N) is 2. The Kier molecular flexibility index (Phi) is 5.23. The summed E-state index contributed by atoms with van der Waals surface area (Å²) in [5.41, 5.74) is 2.91. The van der Waals surface area contributed by atoms with Crippen LogP contribution in [0.2, 0.25) is 0 Å². The van der Waals surface area contributed by atoms with Gasteiger partial charge in [-0.1, -0.05) is 0 Å². The molecule has 0 radical (unpaired) electrons. The molecule has 1 aromatic carbocycles. The molecule has 0 bridgehead atoms.